The second-order valence-corrected chi connectivity index (χ2v) is 12.4. The highest BCUT2D eigenvalue weighted by Crippen LogP contribution is 2.40. The van der Waals surface area contributed by atoms with Gasteiger partial charge in [-0.15, -0.1) is 11.3 Å². The van der Waals surface area contributed by atoms with Crippen molar-refractivity contribution in [3.05, 3.63) is 127 Å². The van der Waals surface area contributed by atoms with Gasteiger partial charge in [0.1, 0.15) is 22.2 Å². The molecule has 0 amide bonds. The molecule has 0 radical (unpaired) electrons. The monoisotopic (exact) mass is 619 g/mol. The van der Waals surface area contributed by atoms with Crippen LogP contribution in [-0.2, 0) is 0 Å². The van der Waals surface area contributed by atoms with E-state index in [0.29, 0.717) is 27.5 Å². The lowest BCUT2D eigenvalue weighted by Crippen LogP contribution is -1.91. The quantitative estimate of drug-likeness (QED) is 0.206. The minimum atomic E-state index is -0.426. The molecule has 0 saturated carbocycles. The average Bonchev–Trinajstić information content (AvgIpc) is 3.84. The third kappa shape index (κ3) is 4.07. The fourth-order valence-corrected chi connectivity index (χ4v) is 7.41. The van der Waals surface area contributed by atoms with Crippen LogP contribution in [0.15, 0.2) is 110 Å². The lowest BCUT2D eigenvalue weighted by Gasteiger charge is -2.08. The Balaban J connectivity index is 1.10. The normalized spacial score (nSPS) is 11.8. The maximum atomic E-state index is 15.2. The van der Waals surface area contributed by atoms with Crippen molar-refractivity contribution in [3.8, 4) is 43.5 Å². The number of halogens is 2. The highest BCUT2D eigenvalue weighted by molar-refractivity contribution is 7.18. The Labute approximate surface area is 265 Å². The largest absolute Gasteiger partial charge is 0.360 e. The zero-order chi connectivity index (χ0) is 30.9. The number of H-pyrrole nitrogens is 2. The lowest BCUT2D eigenvalue weighted by molar-refractivity contribution is 0.637. The number of benzene rings is 4. The number of fused-ring (bicyclic) bond motifs is 4. The highest BCUT2D eigenvalue weighted by Gasteiger charge is 2.18. The summed E-state index contributed by atoms with van der Waals surface area (Å²) in [4.78, 5) is 21.9. The first-order valence-corrected chi connectivity index (χ1v) is 15.6. The lowest BCUT2D eigenvalue weighted by atomic mass is 10.0. The molecule has 220 valence electrons. The SMILES string of the molecule is Cc1cccc2c(-c3ccc4c(-c5cnc(-c6ccc(F)c7nc(-c8c[nH]c9c(F)cccc89)ccc67)s5)cccc4n3)c[nH]c12. The van der Waals surface area contributed by atoms with Crippen LogP contribution in [0.4, 0.5) is 8.78 Å². The molecule has 0 aliphatic rings. The first kappa shape index (κ1) is 26.7. The van der Waals surface area contributed by atoms with Gasteiger partial charge in [0.2, 0.25) is 0 Å². The van der Waals surface area contributed by atoms with Crippen molar-refractivity contribution in [2.45, 2.75) is 6.92 Å². The minimum Gasteiger partial charge on any atom is -0.360 e. The number of hydrogen-bond acceptors (Lipinski definition) is 4. The summed E-state index contributed by atoms with van der Waals surface area (Å²) < 4.78 is 29.5. The van der Waals surface area contributed by atoms with E-state index < -0.39 is 5.82 Å². The van der Waals surface area contributed by atoms with Crippen LogP contribution in [0.1, 0.15) is 5.56 Å². The molecule has 9 aromatic rings. The second kappa shape index (κ2) is 10.2. The van der Waals surface area contributed by atoms with Gasteiger partial charge in [0.05, 0.1) is 27.3 Å². The summed E-state index contributed by atoms with van der Waals surface area (Å²) in [7, 11) is 0. The number of nitrogens with one attached hydrogen (secondary N) is 2. The van der Waals surface area contributed by atoms with Crippen LogP contribution in [0.25, 0.3) is 87.1 Å². The number of hydrogen-bond donors (Lipinski definition) is 2. The summed E-state index contributed by atoms with van der Waals surface area (Å²) in [5.74, 6) is -0.769. The van der Waals surface area contributed by atoms with Gasteiger partial charge in [-0.05, 0) is 61.0 Å². The van der Waals surface area contributed by atoms with E-state index in [0.717, 1.165) is 54.1 Å². The van der Waals surface area contributed by atoms with E-state index in [1.165, 1.54) is 17.7 Å². The van der Waals surface area contributed by atoms with E-state index in [4.69, 9.17) is 15.0 Å². The molecule has 8 heteroatoms. The van der Waals surface area contributed by atoms with Crippen molar-refractivity contribution >= 4 is 54.9 Å². The summed E-state index contributed by atoms with van der Waals surface area (Å²) >= 11 is 1.54. The predicted molar refractivity (Wildman–Crippen MR) is 183 cm³/mol. The van der Waals surface area contributed by atoms with Gasteiger partial charge in [-0.1, -0.05) is 42.5 Å². The van der Waals surface area contributed by atoms with E-state index in [1.54, 1.807) is 29.7 Å². The second-order valence-electron chi connectivity index (χ2n) is 11.4. The van der Waals surface area contributed by atoms with Gasteiger partial charge in [-0.3, -0.25) is 0 Å². The molecular formula is C38H23F2N5S. The number of aromatic nitrogens is 5. The first-order valence-electron chi connectivity index (χ1n) is 14.8. The summed E-state index contributed by atoms with van der Waals surface area (Å²) in [6, 6.07) is 28.4. The summed E-state index contributed by atoms with van der Waals surface area (Å²) in [6.07, 6.45) is 5.60. The van der Waals surface area contributed by atoms with Crippen molar-refractivity contribution in [1.82, 2.24) is 24.9 Å². The molecule has 0 aliphatic heterocycles. The van der Waals surface area contributed by atoms with Crippen molar-refractivity contribution in [2.75, 3.05) is 0 Å². The molecule has 5 heterocycles. The summed E-state index contributed by atoms with van der Waals surface area (Å²) in [5, 5.41) is 4.30. The highest BCUT2D eigenvalue weighted by atomic mass is 32.1. The van der Waals surface area contributed by atoms with E-state index >= 15 is 4.39 Å². The van der Waals surface area contributed by atoms with Gasteiger partial charge in [0.15, 0.2) is 0 Å². The number of rotatable bonds is 4. The number of pyridine rings is 2. The Kier molecular flexibility index (Phi) is 5.88. The Hall–Kier alpha value is -5.73. The third-order valence-corrected chi connectivity index (χ3v) is 9.75. The van der Waals surface area contributed by atoms with Crippen LogP contribution >= 0.6 is 11.3 Å². The number of para-hydroxylation sites is 2. The Morgan fingerprint density at radius 2 is 1.30 bits per heavy atom. The molecule has 0 bridgehead atoms. The first-order chi connectivity index (χ1) is 22.5. The van der Waals surface area contributed by atoms with Gasteiger partial charge >= 0.3 is 0 Å². The van der Waals surface area contributed by atoms with Gasteiger partial charge in [-0.25, -0.2) is 23.7 Å². The van der Waals surface area contributed by atoms with E-state index in [1.807, 2.05) is 42.7 Å². The standard InChI is InChI=1S/C38H23F2N5S/c1-20-5-2-7-23-27(17-41-35(20)23)32-15-12-21-22(6-4-10-31(21)44-32)34-19-43-38(46-34)26-11-14-30(40)37-25(26)13-16-33(45-37)28-18-42-36-24(28)8-3-9-29(36)39/h2-19,41-42H,1H3. The molecule has 5 aromatic heterocycles. The van der Waals surface area contributed by atoms with E-state index in [2.05, 4.69) is 53.3 Å². The smallest absolute Gasteiger partial charge is 0.149 e. The zero-order valence-corrected chi connectivity index (χ0v) is 25.2. The molecule has 9 rings (SSSR count). The maximum absolute atomic E-state index is 15.2. The maximum Gasteiger partial charge on any atom is 0.149 e. The summed E-state index contributed by atoms with van der Waals surface area (Å²) in [6.45, 7) is 2.10. The Morgan fingerprint density at radius 3 is 2.15 bits per heavy atom. The van der Waals surface area contributed by atoms with Crippen LogP contribution in [0.2, 0.25) is 0 Å². The van der Waals surface area contributed by atoms with Gasteiger partial charge < -0.3 is 9.97 Å². The fraction of sp³-hybridized carbons (Fsp3) is 0.0263. The van der Waals surface area contributed by atoms with Crippen LogP contribution in [-0.4, -0.2) is 24.9 Å². The van der Waals surface area contributed by atoms with E-state index in [-0.39, 0.29) is 11.3 Å². The molecule has 0 spiro atoms. The van der Waals surface area contributed by atoms with Crippen molar-refractivity contribution in [2.24, 2.45) is 0 Å². The number of aryl methyl sites for hydroxylation is 1. The van der Waals surface area contributed by atoms with Gasteiger partial charge in [0, 0.05) is 67.9 Å². The van der Waals surface area contributed by atoms with Crippen molar-refractivity contribution < 1.29 is 8.78 Å². The molecule has 4 aromatic carbocycles. The van der Waals surface area contributed by atoms with Crippen LogP contribution < -0.4 is 0 Å². The number of nitrogens with zero attached hydrogens (tertiary/aromatic N) is 3. The average molecular weight is 620 g/mol. The third-order valence-electron chi connectivity index (χ3n) is 8.68. The predicted octanol–water partition coefficient (Wildman–Crippen LogP) is 10.5. The Morgan fingerprint density at radius 1 is 0.587 bits per heavy atom. The molecular weight excluding hydrogens is 597 g/mol. The number of thiazole rings is 1. The van der Waals surface area contributed by atoms with Crippen LogP contribution in [0.3, 0.4) is 0 Å². The summed E-state index contributed by atoms with van der Waals surface area (Å²) in [5.41, 5.74) is 8.95. The number of aromatic amines is 2. The Bertz CT molecular complexity index is 2650. The molecule has 0 unspecified atom stereocenters. The molecule has 0 saturated heterocycles. The van der Waals surface area contributed by atoms with Crippen molar-refractivity contribution in [1.29, 1.82) is 0 Å². The fourth-order valence-electron chi connectivity index (χ4n) is 6.41. The molecule has 2 N–H and O–H groups in total. The molecule has 0 fully saturated rings. The van der Waals surface area contributed by atoms with Crippen molar-refractivity contribution in [3.63, 3.8) is 0 Å². The van der Waals surface area contributed by atoms with Gasteiger partial charge in [-0.2, -0.15) is 0 Å². The van der Waals surface area contributed by atoms with E-state index in [9.17, 15) is 4.39 Å². The minimum absolute atomic E-state index is 0.242. The molecule has 5 nitrogen and oxygen atoms in total. The van der Waals surface area contributed by atoms with Gasteiger partial charge in [0.25, 0.3) is 0 Å². The molecule has 46 heavy (non-hydrogen) atoms. The zero-order valence-electron chi connectivity index (χ0n) is 24.4. The van der Waals surface area contributed by atoms with Crippen LogP contribution in [0, 0.1) is 18.6 Å². The molecule has 0 aliphatic carbocycles. The molecule has 0 atom stereocenters. The van der Waals surface area contributed by atoms with Crippen LogP contribution in [0.5, 0.6) is 0 Å². The topological polar surface area (TPSA) is 70.2 Å².